The number of hydrogen-bond donors (Lipinski definition) is 4. The molecule has 0 saturated carbocycles. The highest BCUT2D eigenvalue weighted by Crippen LogP contribution is 2.16. The van der Waals surface area contributed by atoms with E-state index in [0.717, 1.165) is 0 Å². The molecule has 21 heavy (non-hydrogen) atoms. The lowest BCUT2D eigenvalue weighted by atomic mass is 9.75. The molecule has 2 rings (SSSR count). The van der Waals surface area contributed by atoms with Crippen molar-refractivity contribution in [2.24, 2.45) is 5.92 Å². The fourth-order valence-corrected chi connectivity index (χ4v) is 2.69. The zero-order valence-corrected chi connectivity index (χ0v) is 12.5. The molecule has 1 aromatic carbocycles. The molecule has 1 aliphatic heterocycles. The first-order chi connectivity index (χ1) is 9.97. The SMILES string of the molecule is CC(C)C[C@H](NC(=O)C1Cc2ccccc2CN1)B(O)O. The molecule has 6 heteroatoms. The number of hydrogen-bond acceptors (Lipinski definition) is 4. The van der Waals surface area contributed by atoms with Gasteiger partial charge in [-0.25, -0.2) is 0 Å². The number of amides is 1. The van der Waals surface area contributed by atoms with Gasteiger partial charge in [-0.1, -0.05) is 38.1 Å². The Morgan fingerprint density at radius 1 is 1.38 bits per heavy atom. The van der Waals surface area contributed by atoms with Crippen LogP contribution in [0.4, 0.5) is 0 Å². The lowest BCUT2D eigenvalue weighted by Gasteiger charge is -2.28. The summed E-state index contributed by atoms with van der Waals surface area (Å²) in [5, 5.41) is 24.7. The summed E-state index contributed by atoms with van der Waals surface area (Å²) in [6.07, 6.45) is 1.16. The van der Waals surface area contributed by atoms with Crippen molar-refractivity contribution in [1.82, 2.24) is 10.6 Å². The minimum absolute atomic E-state index is 0.178. The Labute approximate surface area is 125 Å². The van der Waals surface area contributed by atoms with E-state index in [1.807, 2.05) is 32.0 Å². The van der Waals surface area contributed by atoms with Crippen LogP contribution in [0.2, 0.25) is 0 Å². The third-order valence-corrected chi connectivity index (χ3v) is 3.81. The van der Waals surface area contributed by atoms with Crippen LogP contribution in [0.3, 0.4) is 0 Å². The van der Waals surface area contributed by atoms with Crippen molar-refractivity contribution in [1.29, 1.82) is 0 Å². The minimum Gasteiger partial charge on any atom is -0.426 e. The number of fused-ring (bicyclic) bond motifs is 1. The summed E-state index contributed by atoms with van der Waals surface area (Å²) in [6, 6.07) is 7.71. The Balaban J connectivity index is 1.98. The van der Waals surface area contributed by atoms with E-state index in [0.29, 0.717) is 19.4 Å². The van der Waals surface area contributed by atoms with Gasteiger partial charge >= 0.3 is 7.12 Å². The van der Waals surface area contributed by atoms with Gasteiger partial charge in [0.15, 0.2) is 0 Å². The zero-order chi connectivity index (χ0) is 15.4. The third kappa shape index (κ3) is 4.30. The highest BCUT2D eigenvalue weighted by atomic mass is 16.4. The van der Waals surface area contributed by atoms with Crippen LogP contribution in [0.5, 0.6) is 0 Å². The normalized spacial score (nSPS) is 19.0. The van der Waals surface area contributed by atoms with Gasteiger partial charge in [0.1, 0.15) is 0 Å². The van der Waals surface area contributed by atoms with E-state index in [1.165, 1.54) is 11.1 Å². The summed E-state index contributed by atoms with van der Waals surface area (Å²) in [5.41, 5.74) is 2.38. The number of carbonyl (C=O) groups excluding carboxylic acids is 1. The largest absolute Gasteiger partial charge is 0.475 e. The van der Waals surface area contributed by atoms with Crippen LogP contribution in [0.15, 0.2) is 24.3 Å². The third-order valence-electron chi connectivity index (χ3n) is 3.81. The number of carbonyl (C=O) groups is 1. The molecule has 1 aromatic rings. The molecule has 1 aliphatic rings. The molecule has 0 saturated heterocycles. The average Bonchev–Trinajstić information content (AvgIpc) is 2.45. The van der Waals surface area contributed by atoms with Crippen LogP contribution in [0.1, 0.15) is 31.4 Å². The van der Waals surface area contributed by atoms with Gasteiger partial charge in [0.25, 0.3) is 0 Å². The first-order valence-corrected chi connectivity index (χ1v) is 7.44. The Hall–Kier alpha value is -1.37. The van der Waals surface area contributed by atoms with Crippen LogP contribution in [-0.4, -0.2) is 35.1 Å². The number of benzene rings is 1. The summed E-state index contributed by atoms with van der Waals surface area (Å²) in [4.78, 5) is 12.3. The molecular weight excluding hydrogens is 267 g/mol. The van der Waals surface area contributed by atoms with E-state index in [1.54, 1.807) is 0 Å². The van der Waals surface area contributed by atoms with Crippen LogP contribution in [-0.2, 0) is 17.8 Å². The van der Waals surface area contributed by atoms with E-state index >= 15 is 0 Å². The van der Waals surface area contributed by atoms with Crippen molar-refractivity contribution in [3.05, 3.63) is 35.4 Å². The van der Waals surface area contributed by atoms with Gasteiger partial charge in [0.2, 0.25) is 5.91 Å². The van der Waals surface area contributed by atoms with Crippen LogP contribution in [0.25, 0.3) is 0 Å². The molecule has 0 fully saturated rings. The van der Waals surface area contributed by atoms with Crippen molar-refractivity contribution in [3.63, 3.8) is 0 Å². The van der Waals surface area contributed by atoms with Crippen LogP contribution < -0.4 is 10.6 Å². The Kier molecular flexibility index (Phi) is 5.39. The van der Waals surface area contributed by atoms with Crippen LogP contribution >= 0.6 is 0 Å². The fourth-order valence-electron chi connectivity index (χ4n) is 2.69. The lowest BCUT2D eigenvalue weighted by molar-refractivity contribution is -0.123. The minimum atomic E-state index is -1.53. The molecule has 4 N–H and O–H groups in total. The van der Waals surface area contributed by atoms with Gasteiger partial charge in [0, 0.05) is 6.54 Å². The summed E-state index contributed by atoms with van der Waals surface area (Å²) in [6.45, 7) is 4.62. The molecule has 1 amide bonds. The van der Waals surface area contributed by atoms with Gasteiger partial charge in [-0.15, -0.1) is 0 Å². The van der Waals surface area contributed by atoms with Gasteiger partial charge in [-0.2, -0.15) is 0 Å². The smallest absolute Gasteiger partial charge is 0.426 e. The van der Waals surface area contributed by atoms with Gasteiger partial charge in [0.05, 0.1) is 12.0 Å². The van der Waals surface area contributed by atoms with Crippen molar-refractivity contribution in [3.8, 4) is 0 Å². The monoisotopic (exact) mass is 290 g/mol. The summed E-state index contributed by atoms with van der Waals surface area (Å²) in [7, 11) is -1.53. The van der Waals surface area contributed by atoms with E-state index in [9.17, 15) is 14.8 Å². The zero-order valence-electron chi connectivity index (χ0n) is 12.5. The van der Waals surface area contributed by atoms with Crippen molar-refractivity contribution in [2.45, 2.75) is 45.2 Å². The molecule has 0 aliphatic carbocycles. The maximum Gasteiger partial charge on any atom is 0.475 e. The Morgan fingerprint density at radius 3 is 2.67 bits per heavy atom. The summed E-state index contributed by atoms with van der Waals surface area (Å²) in [5.74, 6) is -0.531. The van der Waals surface area contributed by atoms with Crippen LogP contribution in [0, 0.1) is 5.92 Å². The summed E-state index contributed by atoms with van der Waals surface area (Å²) < 4.78 is 0. The van der Waals surface area contributed by atoms with Gasteiger partial charge in [-0.05, 0) is 29.9 Å². The fraction of sp³-hybridized carbons (Fsp3) is 0.533. The second-order valence-corrected chi connectivity index (χ2v) is 6.06. The molecule has 0 aromatic heterocycles. The van der Waals surface area contributed by atoms with Crippen molar-refractivity contribution < 1.29 is 14.8 Å². The van der Waals surface area contributed by atoms with Gasteiger partial charge in [-0.3, -0.25) is 4.79 Å². The standard InChI is InChI=1S/C15H23BN2O3/c1-10(2)7-14(16(20)21)18-15(19)13-8-11-5-3-4-6-12(11)9-17-13/h3-6,10,13-14,17,20-21H,7-9H2,1-2H3,(H,18,19)/t13?,14-/m0/s1. The second-order valence-electron chi connectivity index (χ2n) is 6.06. The predicted molar refractivity (Wildman–Crippen MR) is 82.4 cm³/mol. The number of nitrogens with one attached hydrogen (secondary N) is 2. The molecular formula is C15H23BN2O3. The van der Waals surface area contributed by atoms with Crippen molar-refractivity contribution >= 4 is 13.0 Å². The van der Waals surface area contributed by atoms with Crippen molar-refractivity contribution in [2.75, 3.05) is 0 Å². The first kappa shape index (κ1) is 16.0. The summed E-state index contributed by atoms with van der Waals surface area (Å²) >= 11 is 0. The number of rotatable bonds is 5. The molecule has 2 atom stereocenters. The topological polar surface area (TPSA) is 81.6 Å². The lowest BCUT2D eigenvalue weighted by Crippen LogP contribution is -2.54. The van der Waals surface area contributed by atoms with E-state index in [-0.39, 0.29) is 17.9 Å². The average molecular weight is 290 g/mol. The van der Waals surface area contributed by atoms with E-state index in [2.05, 4.69) is 16.7 Å². The highest BCUT2D eigenvalue weighted by molar-refractivity contribution is 6.43. The molecule has 1 unspecified atom stereocenters. The Bertz CT molecular complexity index is 494. The maximum atomic E-state index is 12.3. The first-order valence-electron chi connectivity index (χ1n) is 7.44. The predicted octanol–water partition coefficient (Wildman–Crippen LogP) is 0.244. The van der Waals surface area contributed by atoms with E-state index in [4.69, 9.17) is 0 Å². The molecule has 0 bridgehead atoms. The highest BCUT2D eigenvalue weighted by Gasteiger charge is 2.30. The maximum absolute atomic E-state index is 12.3. The molecule has 0 radical (unpaired) electrons. The van der Waals surface area contributed by atoms with Gasteiger partial charge < -0.3 is 20.7 Å². The molecule has 114 valence electrons. The second kappa shape index (κ2) is 7.07. The molecule has 0 spiro atoms. The Morgan fingerprint density at radius 2 is 2.05 bits per heavy atom. The molecule has 1 heterocycles. The van der Waals surface area contributed by atoms with E-state index < -0.39 is 13.1 Å². The quantitative estimate of drug-likeness (QED) is 0.586. The molecule has 5 nitrogen and oxygen atoms in total.